The summed E-state index contributed by atoms with van der Waals surface area (Å²) in [5.74, 6) is -1.13. The Morgan fingerprint density at radius 3 is 2.80 bits per heavy atom. The summed E-state index contributed by atoms with van der Waals surface area (Å²) < 4.78 is 14.9. The summed E-state index contributed by atoms with van der Waals surface area (Å²) in [6, 6.07) is 6.78. The number of carbonyl (C=O) groups excluding carboxylic acids is 1. The van der Waals surface area contributed by atoms with Gasteiger partial charge in [0.2, 0.25) is 0 Å². The summed E-state index contributed by atoms with van der Waals surface area (Å²) >= 11 is 3.38. The molecule has 0 spiro atoms. The third kappa shape index (κ3) is 2.80. The van der Waals surface area contributed by atoms with Crippen molar-refractivity contribution in [3.63, 3.8) is 0 Å². The van der Waals surface area contributed by atoms with Gasteiger partial charge >= 0.3 is 0 Å². The van der Waals surface area contributed by atoms with Crippen LogP contribution in [0.4, 0.5) is 15.9 Å². The van der Waals surface area contributed by atoms with E-state index in [4.69, 9.17) is 0 Å². The van der Waals surface area contributed by atoms with Crippen LogP contribution in [0.25, 0.3) is 0 Å². The van der Waals surface area contributed by atoms with Gasteiger partial charge in [0.15, 0.2) is 11.6 Å². The zero-order valence-corrected chi connectivity index (χ0v) is 12.6. The molecule has 0 radical (unpaired) electrons. The first-order valence-electron chi connectivity index (χ1n) is 5.93. The van der Waals surface area contributed by atoms with Crippen molar-refractivity contribution in [2.45, 2.75) is 6.92 Å². The van der Waals surface area contributed by atoms with E-state index in [1.807, 2.05) is 13.0 Å². The van der Waals surface area contributed by atoms with Crippen LogP contribution in [0.5, 0.6) is 0 Å². The normalized spacial score (nSPS) is 10.2. The predicted octanol–water partition coefficient (Wildman–Crippen LogP) is 3.59. The first-order valence-corrected chi connectivity index (χ1v) is 6.72. The van der Waals surface area contributed by atoms with Gasteiger partial charge in [0.1, 0.15) is 0 Å². The average Bonchev–Trinajstić information content (AvgIpc) is 2.44. The quantitative estimate of drug-likeness (QED) is 0.899. The Balaban J connectivity index is 2.31. The maximum atomic E-state index is 14.0. The van der Waals surface area contributed by atoms with E-state index in [-0.39, 0.29) is 11.4 Å². The van der Waals surface area contributed by atoms with Gasteiger partial charge in [0.25, 0.3) is 5.91 Å². The number of anilines is 2. The zero-order valence-electron chi connectivity index (χ0n) is 11.0. The predicted molar refractivity (Wildman–Crippen MR) is 80.6 cm³/mol. The molecule has 6 heteroatoms. The summed E-state index contributed by atoms with van der Waals surface area (Å²) in [5.41, 5.74) is 1.46. The van der Waals surface area contributed by atoms with E-state index in [0.717, 1.165) is 10.0 Å². The summed E-state index contributed by atoms with van der Waals surface area (Å²) in [4.78, 5) is 15.9. The zero-order chi connectivity index (χ0) is 14.7. The summed E-state index contributed by atoms with van der Waals surface area (Å²) in [7, 11) is 1.55. The Morgan fingerprint density at radius 2 is 2.10 bits per heavy atom. The van der Waals surface area contributed by atoms with Crippen LogP contribution in [0.2, 0.25) is 0 Å². The van der Waals surface area contributed by atoms with Gasteiger partial charge in [-0.15, -0.1) is 0 Å². The number of hydrogen-bond donors (Lipinski definition) is 2. The van der Waals surface area contributed by atoms with Crippen molar-refractivity contribution in [2.24, 2.45) is 0 Å². The number of amides is 1. The Morgan fingerprint density at radius 1 is 1.35 bits per heavy atom. The number of nitrogens with one attached hydrogen (secondary N) is 2. The lowest BCUT2D eigenvalue weighted by Gasteiger charge is -2.11. The smallest absolute Gasteiger partial charge is 0.258 e. The second-order valence-electron chi connectivity index (χ2n) is 4.14. The fourth-order valence-corrected chi connectivity index (χ4v) is 2.09. The molecule has 0 saturated carbocycles. The van der Waals surface area contributed by atoms with Crippen molar-refractivity contribution >= 4 is 33.3 Å². The third-order valence-corrected chi connectivity index (χ3v) is 3.75. The number of rotatable bonds is 3. The van der Waals surface area contributed by atoms with Crippen molar-refractivity contribution in [1.82, 2.24) is 4.98 Å². The van der Waals surface area contributed by atoms with Crippen LogP contribution in [0.1, 0.15) is 15.9 Å². The first-order chi connectivity index (χ1) is 9.54. The summed E-state index contributed by atoms with van der Waals surface area (Å²) in [6.45, 7) is 1.86. The molecule has 20 heavy (non-hydrogen) atoms. The van der Waals surface area contributed by atoms with Crippen LogP contribution in [0.15, 0.2) is 34.9 Å². The highest BCUT2D eigenvalue weighted by Gasteiger charge is 2.16. The number of halogens is 2. The van der Waals surface area contributed by atoms with Crippen molar-refractivity contribution in [1.29, 1.82) is 0 Å². The van der Waals surface area contributed by atoms with E-state index < -0.39 is 11.7 Å². The molecule has 0 aliphatic carbocycles. The van der Waals surface area contributed by atoms with E-state index >= 15 is 0 Å². The highest BCUT2D eigenvalue weighted by molar-refractivity contribution is 9.10. The first kappa shape index (κ1) is 14.5. The van der Waals surface area contributed by atoms with Gasteiger partial charge in [0.05, 0.1) is 5.56 Å². The number of carbonyl (C=O) groups is 1. The number of nitrogens with zero attached hydrogens (tertiary/aromatic N) is 1. The number of aromatic nitrogens is 1. The molecule has 1 aromatic carbocycles. The second-order valence-corrected chi connectivity index (χ2v) is 4.99. The molecule has 0 unspecified atom stereocenters. The maximum Gasteiger partial charge on any atom is 0.258 e. The minimum Gasteiger partial charge on any atom is -0.371 e. The van der Waals surface area contributed by atoms with Crippen LogP contribution in [-0.4, -0.2) is 17.9 Å². The van der Waals surface area contributed by atoms with Crippen LogP contribution in [0, 0.1) is 12.7 Å². The van der Waals surface area contributed by atoms with E-state index in [0.29, 0.717) is 5.69 Å². The second kappa shape index (κ2) is 6.00. The van der Waals surface area contributed by atoms with Gasteiger partial charge < -0.3 is 10.6 Å². The van der Waals surface area contributed by atoms with Crippen LogP contribution in [0.3, 0.4) is 0 Å². The number of hydrogen-bond acceptors (Lipinski definition) is 3. The van der Waals surface area contributed by atoms with Gasteiger partial charge in [-0.1, -0.05) is 22.0 Å². The van der Waals surface area contributed by atoms with E-state index in [1.165, 1.54) is 12.3 Å². The molecule has 0 fully saturated rings. The number of pyridine rings is 1. The van der Waals surface area contributed by atoms with Crippen LogP contribution < -0.4 is 10.6 Å². The molecule has 1 amide bonds. The Kier molecular flexibility index (Phi) is 4.34. The van der Waals surface area contributed by atoms with Gasteiger partial charge in [0, 0.05) is 23.4 Å². The van der Waals surface area contributed by atoms with Crippen molar-refractivity contribution < 1.29 is 9.18 Å². The Hall–Kier alpha value is -1.95. The minimum absolute atomic E-state index is 0.0450. The highest BCUT2D eigenvalue weighted by Crippen LogP contribution is 2.24. The van der Waals surface area contributed by atoms with Crippen molar-refractivity contribution in [3.8, 4) is 0 Å². The molecule has 2 aromatic rings. The van der Waals surface area contributed by atoms with Crippen molar-refractivity contribution in [2.75, 3.05) is 17.7 Å². The Bertz CT molecular complexity index is 661. The van der Waals surface area contributed by atoms with E-state index in [9.17, 15) is 9.18 Å². The molecule has 1 heterocycles. The molecule has 104 valence electrons. The Labute approximate surface area is 124 Å². The van der Waals surface area contributed by atoms with Gasteiger partial charge in [-0.25, -0.2) is 9.37 Å². The molecule has 4 nitrogen and oxygen atoms in total. The molecular formula is C14H13BrFN3O. The molecule has 1 aromatic heterocycles. The standard InChI is InChI=1S/C14H13BrFN3O/c1-8-10(15)4-3-5-11(8)19-14(20)9-6-7-18-13(17-2)12(9)16/h3-7H,1-2H3,(H,17,18)(H,19,20). The van der Waals surface area contributed by atoms with Gasteiger partial charge in [-0.3, -0.25) is 4.79 Å². The number of benzene rings is 1. The van der Waals surface area contributed by atoms with Crippen molar-refractivity contribution in [3.05, 3.63) is 51.9 Å². The van der Waals surface area contributed by atoms with Gasteiger partial charge in [-0.05, 0) is 30.7 Å². The van der Waals surface area contributed by atoms with Crippen LogP contribution in [-0.2, 0) is 0 Å². The minimum atomic E-state index is -0.667. The fourth-order valence-electron chi connectivity index (χ4n) is 1.73. The topological polar surface area (TPSA) is 54.0 Å². The summed E-state index contributed by atoms with van der Waals surface area (Å²) in [6.07, 6.45) is 1.39. The van der Waals surface area contributed by atoms with Gasteiger partial charge in [-0.2, -0.15) is 0 Å². The molecule has 0 bridgehead atoms. The van der Waals surface area contributed by atoms with E-state index in [1.54, 1.807) is 19.2 Å². The molecule has 0 atom stereocenters. The molecule has 0 aliphatic heterocycles. The lowest BCUT2D eigenvalue weighted by atomic mass is 10.1. The summed E-state index contributed by atoms with van der Waals surface area (Å²) in [5, 5.41) is 5.30. The molecule has 0 saturated heterocycles. The average molecular weight is 338 g/mol. The molecule has 2 rings (SSSR count). The molecule has 0 aliphatic rings. The lowest BCUT2D eigenvalue weighted by Crippen LogP contribution is -2.16. The SMILES string of the molecule is CNc1nccc(C(=O)Nc2cccc(Br)c2C)c1F. The van der Waals surface area contributed by atoms with Crippen LogP contribution >= 0.6 is 15.9 Å². The van der Waals surface area contributed by atoms with E-state index in [2.05, 4.69) is 31.5 Å². The lowest BCUT2D eigenvalue weighted by molar-refractivity contribution is 0.102. The fraction of sp³-hybridized carbons (Fsp3) is 0.143. The highest BCUT2D eigenvalue weighted by atomic mass is 79.9. The largest absolute Gasteiger partial charge is 0.371 e. The monoisotopic (exact) mass is 337 g/mol. The molecule has 2 N–H and O–H groups in total. The maximum absolute atomic E-state index is 14.0. The molecular weight excluding hydrogens is 325 g/mol. The third-order valence-electron chi connectivity index (χ3n) is 2.89.